The van der Waals surface area contributed by atoms with E-state index >= 15 is 0 Å². The lowest BCUT2D eigenvalue weighted by Gasteiger charge is -2.15. The lowest BCUT2D eigenvalue weighted by atomic mass is 9.93. The minimum atomic E-state index is -3.13. The smallest absolute Gasteiger partial charge is 0.208 e. The number of likely N-dealkylation sites (tertiary alicyclic amines) is 1. The Kier molecular flexibility index (Phi) is 4.22. The van der Waals surface area contributed by atoms with Gasteiger partial charge in [-0.05, 0) is 6.42 Å². The number of sulfonamides is 1. The number of nitrogens with zero attached hydrogens (tertiary/aromatic N) is 2. The van der Waals surface area contributed by atoms with Crippen molar-refractivity contribution in [2.75, 3.05) is 19.3 Å². The van der Waals surface area contributed by atoms with E-state index < -0.39 is 10.0 Å². The highest BCUT2D eigenvalue weighted by molar-refractivity contribution is 7.88. The second kappa shape index (κ2) is 5.46. The van der Waals surface area contributed by atoms with Crippen molar-refractivity contribution in [2.24, 2.45) is 0 Å². The Morgan fingerprint density at radius 2 is 2.20 bits per heavy atom. The van der Waals surface area contributed by atoms with Crippen molar-refractivity contribution in [3.8, 4) is 0 Å². The molecule has 0 aromatic carbocycles. The van der Waals surface area contributed by atoms with Crippen LogP contribution in [0.4, 0.5) is 0 Å². The second-order valence-electron chi connectivity index (χ2n) is 6.49. The molecule has 0 aliphatic carbocycles. The molecular formula is C13H23N3O3S. The van der Waals surface area contributed by atoms with Gasteiger partial charge >= 0.3 is 0 Å². The molecule has 6 nitrogen and oxygen atoms in total. The highest BCUT2D eigenvalue weighted by Gasteiger charge is 2.26. The van der Waals surface area contributed by atoms with E-state index in [9.17, 15) is 8.42 Å². The summed E-state index contributed by atoms with van der Waals surface area (Å²) in [5.74, 6) is 0.690. The van der Waals surface area contributed by atoms with Crippen LogP contribution < -0.4 is 4.72 Å². The van der Waals surface area contributed by atoms with Gasteiger partial charge in [0.15, 0.2) is 0 Å². The zero-order chi connectivity index (χ0) is 15.0. The first-order valence-corrected chi connectivity index (χ1v) is 8.67. The van der Waals surface area contributed by atoms with Crippen LogP contribution in [0.25, 0.3) is 0 Å². The third kappa shape index (κ3) is 4.29. The molecule has 1 aliphatic rings. The van der Waals surface area contributed by atoms with Crippen molar-refractivity contribution in [1.82, 2.24) is 14.6 Å². The molecule has 1 aliphatic heterocycles. The second-order valence-corrected chi connectivity index (χ2v) is 8.27. The number of oxazole rings is 1. The summed E-state index contributed by atoms with van der Waals surface area (Å²) in [6.45, 7) is 8.45. The van der Waals surface area contributed by atoms with Gasteiger partial charge in [0, 0.05) is 24.5 Å². The van der Waals surface area contributed by atoms with Crippen molar-refractivity contribution in [3.05, 3.63) is 17.8 Å². The number of nitrogens with one attached hydrogen (secondary N) is 1. The minimum Gasteiger partial charge on any atom is -0.447 e. The number of rotatable bonds is 4. The molecule has 0 radical (unpaired) electrons. The first kappa shape index (κ1) is 15.5. The maximum Gasteiger partial charge on any atom is 0.208 e. The summed E-state index contributed by atoms with van der Waals surface area (Å²) >= 11 is 0. The van der Waals surface area contributed by atoms with Crippen LogP contribution in [0.3, 0.4) is 0 Å². The monoisotopic (exact) mass is 301 g/mol. The number of aromatic nitrogens is 1. The van der Waals surface area contributed by atoms with Gasteiger partial charge in [0.05, 0.1) is 18.5 Å². The van der Waals surface area contributed by atoms with Crippen LogP contribution in [-0.2, 0) is 22.0 Å². The molecule has 0 spiro atoms. The molecule has 0 bridgehead atoms. The molecule has 1 atom stereocenters. The zero-order valence-electron chi connectivity index (χ0n) is 12.5. The summed E-state index contributed by atoms with van der Waals surface area (Å²) in [6, 6.07) is -0.0120. The van der Waals surface area contributed by atoms with Gasteiger partial charge in [0.1, 0.15) is 6.26 Å². The molecule has 1 fully saturated rings. The maximum atomic E-state index is 11.2. The Labute approximate surface area is 120 Å². The lowest BCUT2D eigenvalue weighted by Crippen LogP contribution is -2.36. The Morgan fingerprint density at radius 1 is 1.50 bits per heavy atom. The van der Waals surface area contributed by atoms with E-state index in [1.165, 1.54) is 6.26 Å². The average molecular weight is 301 g/mol. The predicted octanol–water partition coefficient (Wildman–Crippen LogP) is 1.10. The molecule has 0 saturated carbocycles. The van der Waals surface area contributed by atoms with Crippen molar-refractivity contribution in [1.29, 1.82) is 0 Å². The molecular weight excluding hydrogens is 278 g/mol. The normalized spacial score (nSPS) is 21.5. The van der Waals surface area contributed by atoms with Crippen LogP contribution in [0.2, 0.25) is 0 Å². The van der Waals surface area contributed by atoms with Gasteiger partial charge < -0.3 is 4.42 Å². The molecule has 1 unspecified atom stereocenters. The van der Waals surface area contributed by atoms with Crippen molar-refractivity contribution in [2.45, 2.75) is 45.2 Å². The fraction of sp³-hybridized carbons (Fsp3) is 0.769. The van der Waals surface area contributed by atoms with E-state index in [2.05, 4.69) is 35.4 Å². The SMILES string of the molecule is CC(C)(C)c1coc(CN2CCC(NS(C)(=O)=O)C2)n1. The lowest BCUT2D eigenvalue weighted by molar-refractivity contribution is 0.286. The molecule has 114 valence electrons. The summed E-state index contributed by atoms with van der Waals surface area (Å²) in [6.07, 6.45) is 3.72. The molecule has 2 rings (SSSR count). The van der Waals surface area contributed by atoms with Gasteiger partial charge in [0.25, 0.3) is 0 Å². The van der Waals surface area contributed by atoms with E-state index in [-0.39, 0.29) is 11.5 Å². The van der Waals surface area contributed by atoms with Crippen LogP contribution in [0, 0.1) is 0 Å². The largest absolute Gasteiger partial charge is 0.447 e. The van der Waals surface area contributed by atoms with E-state index in [1.807, 2.05) is 0 Å². The quantitative estimate of drug-likeness (QED) is 0.901. The molecule has 2 heterocycles. The average Bonchev–Trinajstić information content (AvgIpc) is 2.85. The van der Waals surface area contributed by atoms with E-state index in [0.29, 0.717) is 19.0 Å². The van der Waals surface area contributed by atoms with Crippen molar-refractivity contribution < 1.29 is 12.8 Å². The summed E-state index contributed by atoms with van der Waals surface area (Å²) < 4.78 is 30.6. The van der Waals surface area contributed by atoms with Crippen LogP contribution >= 0.6 is 0 Å². The van der Waals surface area contributed by atoms with Crippen LogP contribution in [0.15, 0.2) is 10.7 Å². The topological polar surface area (TPSA) is 75.4 Å². The molecule has 1 saturated heterocycles. The van der Waals surface area contributed by atoms with Gasteiger partial charge in [-0.25, -0.2) is 18.1 Å². The van der Waals surface area contributed by atoms with Crippen LogP contribution in [0.1, 0.15) is 38.8 Å². The van der Waals surface area contributed by atoms with Crippen LogP contribution in [0.5, 0.6) is 0 Å². The van der Waals surface area contributed by atoms with Gasteiger partial charge in [0.2, 0.25) is 15.9 Å². The standard InChI is InChI=1S/C13H23N3O3S/c1-13(2,3)11-9-19-12(14-11)8-16-6-5-10(7-16)15-20(4,17)18/h9-10,15H,5-8H2,1-4H3. The van der Waals surface area contributed by atoms with E-state index in [1.54, 1.807) is 6.26 Å². The number of hydrogen-bond acceptors (Lipinski definition) is 5. The highest BCUT2D eigenvalue weighted by atomic mass is 32.2. The van der Waals surface area contributed by atoms with Crippen LogP contribution in [-0.4, -0.2) is 43.7 Å². The van der Waals surface area contributed by atoms with Gasteiger partial charge in [-0.15, -0.1) is 0 Å². The third-order valence-corrected chi connectivity index (χ3v) is 4.09. The Balaban J connectivity index is 1.91. The van der Waals surface area contributed by atoms with Gasteiger partial charge in [-0.2, -0.15) is 0 Å². The van der Waals surface area contributed by atoms with Gasteiger partial charge in [-0.3, -0.25) is 4.90 Å². The van der Waals surface area contributed by atoms with E-state index in [0.717, 1.165) is 18.7 Å². The Morgan fingerprint density at radius 3 is 2.75 bits per heavy atom. The molecule has 7 heteroatoms. The minimum absolute atomic E-state index is 0.0120. The van der Waals surface area contributed by atoms with E-state index in [4.69, 9.17) is 4.42 Å². The molecule has 1 aromatic rings. The summed E-state index contributed by atoms with van der Waals surface area (Å²) in [4.78, 5) is 6.65. The molecule has 1 aromatic heterocycles. The highest BCUT2D eigenvalue weighted by Crippen LogP contribution is 2.22. The summed E-state index contributed by atoms with van der Waals surface area (Å²) in [5, 5.41) is 0. The molecule has 0 amide bonds. The van der Waals surface area contributed by atoms with Crippen molar-refractivity contribution in [3.63, 3.8) is 0 Å². The third-order valence-electron chi connectivity index (χ3n) is 3.33. The first-order chi connectivity index (χ1) is 9.13. The first-order valence-electron chi connectivity index (χ1n) is 6.78. The van der Waals surface area contributed by atoms with Gasteiger partial charge in [-0.1, -0.05) is 20.8 Å². The fourth-order valence-electron chi connectivity index (χ4n) is 2.29. The predicted molar refractivity (Wildman–Crippen MR) is 76.9 cm³/mol. The van der Waals surface area contributed by atoms with Crippen molar-refractivity contribution >= 4 is 10.0 Å². The maximum absolute atomic E-state index is 11.2. The Bertz CT molecular complexity index is 560. The fourth-order valence-corrected chi connectivity index (χ4v) is 3.09. The molecule has 1 N–H and O–H groups in total. The number of hydrogen-bond donors (Lipinski definition) is 1. The zero-order valence-corrected chi connectivity index (χ0v) is 13.3. The summed E-state index contributed by atoms with van der Waals surface area (Å²) in [7, 11) is -3.13. The Hall–Kier alpha value is -0.920. The molecule has 20 heavy (non-hydrogen) atoms. The summed E-state index contributed by atoms with van der Waals surface area (Å²) in [5.41, 5.74) is 0.921.